The van der Waals surface area contributed by atoms with E-state index < -0.39 is 0 Å². The first-order valence-corrected chi connectivity index (χ1v) is 24.0. The molecule has 0 N–H and O–H groups in total. The Labute approximate surface area is 402 Å². The van der Waals surface area contributed by atoms with Gasteiger partial charge in [-0.3, -0.25) is 14.9 Å². The van der Waals surface area contributed by atoms with E-state index in [2.05, 4.69) is 207 Å². The van der Waals surface area contributed by atoms with Crippen LogP contribution in [0.5, 0.6) is 11.5 Å². The molecule has 6 heteroatoms. The van der Waals surface area contributed by atoms with Gasteiger partial charge in [0, 0.05) is 40.7 Å². The van der Waals surface area contributed by atoms with Gasteiger partial charge in [0.15, 0.2) is 0 Å². The number of para-hydroxylation sites is 1. The lowest BCUT2D eigenvalue weighted by atomic mass is 9.73. The maximum atomic E-state index is 7.16. The number of aromatic nitrogens is 2. The first kappa shape index (κ1) is 43.3. The number of pyridine rings is 2. The zero-order valence-corrected chi connectivity index (χ0v) is 41.2. The molecule has 338 valence electrons. The highest BCUT2D eigenvalue weighted by molar-refractivity contribution is 6.14. The number of benzene rings is 6. The van der Waals surface area contributed by atoms with Crippen molar-refractivity contribution in [2.45, 2.75) is 99.1 Å². The van der Waals surface area contributed by atoms with E-state index in [0.29, 0.717) is 5.75 Å². The molecule has 0 saturated heterocycles. The number of hydrogen-bond donors (Lipinski definition) is 0. The van der Waals surface area contributed by atoms with E-state index in [1.54, 1.807) is 0 Å². The van der Waals surface area contributed by atoms with Crippen molar-refractivity contribution in [2.75, 3.05) is 9.80 Å². The molecule has 0 fully saturated rings. The van der Waals surface area contributed by atoms with Crippen molar-refractivity contribution >= 4 is 28.7 Å². The van der Waals surface area contributed by atoms with Gasteiger partial charge < -0.3 is 9.64 Å². The van der Waals surface area contributed by atoms with Crippen molar-refractivity contribution in [3.8, 4) is 33.9 Å². The standard InChI is InChI=1S/C62H59N5O/c1-36-28-40(5)58(41(6)29-36)67-59-48-30-37(2)27-39(4)56(48)55-38(3)17-16-18-47(55)57(59)65-60(67)43-31-42(51-20-14-15-25-63-51)32-46(33-43)68-45-22-23-50-53(35-45)66(52-21-13-12-19-49(52)62(50,10)11)54-34-44(24-26-64-54)61(7,8)9/h12-35,57,59H,1-11H3/t57-,59+/m1/s1. The maximum absolute atomic E-state index is 7.16. The number of anilines is 4. The molecule has 0 amide bonds. The van der Waals surface area contributed by atoms with E-state index in [9.17, 15) is 0 Å². The van der Waals surface area contributed by atoms with Gasteiger partial charge in [0.25, 0.3) is 0 Å². The van der Waals surface area contributed by atoms with Gasteiger partial charge in [-0.15, -0.1) is 0 Å². The van der Waals surface area contributed by atoms with Crippen LogP contribution in [0, 0.1) is 41.5 Å². The fourth-order valence-electron chi connectivity index (χ4n) is 11.6. The van der Waals surface area contributed by atoms with Gasteiger partial charge in [0.05, 0.1) is 23.1 Å². The predicted molar refractivity (Wildman–Crippen MR) is 281 cm³/mol. The summed E-state index contributed by atoms with van der Waals surface area (Å²) in [5, 5.41) is 0. The second-order valence-corrected chi connectivity index (χ2v) is 20.9. The van der Waals surface area contributed by atoms with Crippen molar-refractivity contribution < 1.29 is 4.74 Å². The molecular formula is C62H59N5O. The highest BCUT2D eigenvalue weighted by Gasteiger charge is 2.46. The van der Waals surface area contributed by atoms with Crippen LogP contribution in [0.3, 0.4) is 0 Å². The van der Waals surface area contributed by atoms with Crippen LogP contribution in [0.1, 0.15) is 113 Å². The molecule has 2 atom stereocenters. The maximum Gasteiger partial charge on any atom is 0.137 e. The minimum Gasteiger partial charge on any atom is -0.457 e. The lowest BCUT2D eigenvalue weighted by Crippen LogP contribution is -2.35. The van der Waals surface area contributed by atoms with Crippen LogP contribution in [0.25, 0.3) is 22.4 Å². The molecule has 0 unspecified atom stereocenters. The second-order valence-electron chi connectivity index (χ2n) is 20.9. The minimum atomic E-state index is -0.269. The number of nitrogens with zero attached hydrogens (tertiary/aromatic N) is 5. The summed E-state index contributed by atoms with van der Waals surface area (Å²) in [6.45, 7) is 24.8. The first-order valence-electron chi connectivity index (χ1n) is 24.0. The molecular weight excluding hydrogens is 831 g/mol. The Morgan fingerprint density at radius 3 is 2.03 bits per heavy atom. The normalized spacial score (nSPS) is 16.6. The zero-order chi connectivity index (χ0) is 47.4. The molecule has 6 nitrogen and oxygen atoms in total. The van der Waals surface area contributed by atoms with E-state index in [1.165, 1.54) is 78.0 Å². The summed E-state index contributed by atoms with van der Waals surface area (Å²) < 4.78 is 7.16. The molecule has 8 aromatic rings. The van der Waals surface area contributed by atoms with E-state index in [1.807, 2.05) is 24.5 Å². The fraction of sp³-hybridized carbons (Fsp3) is 0.242. The summed E-state index contributed by atoms with van der Waals surface area (Å²) in [6, 6.07) is 48.2. The molecule has 0 saturated carbocycles. The van der Waals surface area contributed by atoms with E-state index >= 15 is 0 Å². The summed E-state index contributed by atoms with van der Waals surface area (Å²) in [7, 11) is 0. The predicted octanol–water partition coefficient (Wildman–Crippen LogP) is 15.9. The number of aryl methyl sites for hydroxylation is 6. The summed E-state index contributed by atoms with van der Waals surface area (Å²) >= 11 is 0. The second kappa shape index (κ2) is 15.9. The molecule has 3 aliphatic rings. The Hall–Kier alpha value is -7.31. The zero-order valence-electron chi connectivity index (χ0n) is 41.2. The molecule has 2 aliphatic heterocycles. The van der Waals surface area contributed by atoms with Crippen molar-refractivity contribution in [2.24, 2.45) is 4.99 Å². The van der Waals surface area contributed by atoms with E-state index in [0.717, 1.165) is 45.6 Å². The molecule has 0 radical (unpaired) electrons. The Bertz CT molecular complexity index is 3350. The summed E-state index contributed by atoms with van der Waals surface area (Å²) in [5.41, 5.74) is 22.2. The number of fused-ring (bicyclic) bond motifs is 8. The monoisotopic (exact) mass is 889 g/mol. The molecule has 0 bridgehead atoms. The van der Waals surface area contributed by atoms with Crippen molar-refractivity contribution in [3.05, 3.63) is 213 Å². The van der Waals surface area contributed by atoms with Crippen molar-refractivity contribution in [3.63, 3.8) is 0 Å². The van der Waals surface area contributed by atoms with E-state index in [-0.39, 0.29) is 22.9 Å². The Morgan fingerprint density at radius 2 is 1.26 bits per heavy atom. The van der Waals surface area contributed by atoms with Crippen LogP contribution >= 0.6 is 0 Å². The SMILES string of the molecule is Cc1cc(C)c(N2C(c3cc(Oc4ccc5c(c4)N(c4cc(C(C)(C)C)ccn4)c4ccccc4C5(C)C)cc(-c4ccccn4)c3)=N[C@@H]3c4cccc(C)c4-c4c(C)cc(C)cc4[C@@H]32)c(C)c1. The molecule has 4 heterocycles. The van der Waals surface area contributed by atoms with Crippen LogP contribution in [0.15, 0.2) is 151 Å². The van der Waals surface area contributed by atoms with Gasteiger partial charge >= 0.3 is 0 Å². The fourth-order valence-corrected chi connectivity index (χ4v) is 11.6. The van der Waals surface area contributed by atoms with E-state index in [4.69, 9.17) is 19.7 Å². The summed E-state index contributed by atoms with van der Waals surface area (Å²) in [4.78, 5) is 20.6. The topological polar surface area (TPSA) is 53.9 Å². The highest BCUT2D eigenvalue weighted by atomic mass is 16.5. The van der Waals surface area contributed by atoms with Gasteiger partial charge in [-0.2, -0.15) is 0 Å². The van der Waals surface area contributed by atoms with Crippen LogP contribution < -0.4 is 14.5 Å². The average molecular weight is 890 g/mol. The van der Waals surface area contributed by atoms with Crippen LogP contribution in [-0.4, -0.2) is 15.8 Å². The number of aliphatic imine (C=N–C) groups is 1. The third kappa shape index (κ3) is 7.03. The highest BCUT2D eigenvalue weighted by Crippen LogP contribution is 2.57. The van der Waals surface area contributed by atoms with Crippen molar-refractivity contribution in [1.82, 2.24) is 9.97 Å². The van der Waals surface area contributed by atoms with Crippen molar-refractivity contribution in [1.29, 1.82) is 0 Å². The molecule has 11 rings (SSSR count). The number of hydrogen-bond acceptors (Lipinski definition) is 6. The van der Waals surface area contributed by atoms with Gasteiger partial charge in [-0.25, -0.2) is 4.98 Å². The molecule has 6 aromatic carbocycles. The minimum absolute atomic E-state index is 0.0478. The van der Waals surface area contributed by atoms with Gasteiger partial charge in [-0.1, -0.05) is 119 Å². The Morgan fingerprint density at radius 1 is 0.559 bits per heavy atom. The molecule has 2 aromatic heterocycles. The first-order chi connectivity index (χ1) is 32.6. The van der Waals surface area contributed by atoms with Crippen LogP contribution in [0.2, 0.25) is 0 Å². The number of rotatable bonds is 6. The Kier molecular flexibility index (Phi) is 10.1. The number of amidine groups is 1. The van der Waals surface area contributed by atoms with Crippen LogP contribution in [-0.2, 0) is 10.8 Å². The largest absolute Gasteiger partial charge is 0.457 e. The van der Waals surface area contributed by atoms with Gasteiger partial charge in [-0.05, 0) is 163 Å². The third-order valence-electron chi connectivity index (χ3n) is 14.5. The average Bonchev–Trinajstić information content (AvgIpc) is 3.69. The summed E-state index contributed by atoms with van der Waals surface area (Å²) in [6.07, 6.45) is 3.80. The van der Waals surface area contributed by atoms with Gasteiger partial charge in [0.1, 0.15) is 29.2 Å². The molecule has 0 spiro atoms. The number of ether oxygens (including phenoxy) is 1. The lowest BCUT2D eigenvalue weighted by molar-refractivity contribution is 0.482. The van der Waals surface area contributed by atoms with Crippen LogP contribution in [0.4, 0.5) is 22.9 Å². The quantitative estimate of drug-likeness (QED) is 0.166. The summed E-state index contributed by atoms with van der Waals surface area (Å²) in [5.74, 6) is 3.23. The molecule has 1 aliphatic carbocycles. The third-order valence-corrected chi connectivity index (χ3v) is 14.5. The van der Waals surface area contributed by atoms with Gasteiger partial charge in [0.2, 0.25) is 0 Å². The lowest BCUT2D eigenvalue weighted by Gasteiger charge is -2.41. The molecule has 68 heavy (non-hydrogen) atoms. The Balaban J connectivity index is 1.10. The smallest absolute Gasteiger partial charge is 0.137 e.